The molecule has 0 aliphatic heterocycles. The Morgan fingerprint density at radius 2 is 1.53 bits per heavy atom. The van der Waals surface area contributed by atoms with Gasteiger partial charge in [-0.05, 0) is 57.7 Å². The minimum absolute atomic E-state index is 0.101. The lowest BCUT2D eigenvalue weighted by atomic mass is 9.92. The van der Waals surface area contributed by atoms with Gasteiger partial charge in [0.2, 0.25) is 5.54 Å². The van der Waals surface area contributed by atoms with E-state index in [0.29, 0.717) is 13.0 Å². The standard InChI is InChI=1S/C27H39NO5Si/c1-6-31-25(29)27(28,26(30)32-7-2)18-17-22-13-15-23(16-14-22)33-19-10-20-34(4,5)24-12-9-8-11-21(24)3/h8-9,11-16H,6-7,10,17-20,28H2,1-5H3. The summed E-state index contributed by atoms with van der Waals surface area (Å²) in [6.07, 6.45) is 1.54. The predicted molar refractivity (Wildman–Crippen MR) is 138 cm³/mol. The molecule has 34 heavy (non-hydrogen) atoms. The lowest BCUT2D eigenvalue weighted by Crippen LogP contribution is -2.57. The first-order valence-electron chi connectivity index (χ1n) is 12.0. The average Bonchev–Trinajstić information content (AvgIpc) is 2.81. The highest BCUT2D eigenvalue weighted by Gasteiger charge is 2.44. The van der Waals surface area contributed by atoms with Crippen molar-refractivity contribution in [2.75, 3.05) is 19.8 Å². The molecule has 0 amide bonds. The number of hydrogen-bond donors (Lipinski definition) is 1. The summed E-state index contributed by atoms with van der Waals surface area (Å²) in [4.78, 5) is 24.6. The largest absolute Gasteiger partial charge is 0.494 e. The van der Waals surface area contributed by atoms with E-state index in [0.717, 1.165) is 23.8 Å². The SMILES string of the molecule is CCOC(=O)C(N)(CCc1ccc(OCCC[Si](C)(C)c2ccccc2C)cc1)C(=O)OCC. The van der Waals surface area contributed by atoms with Crippen molar-refractivity contribution in [3.63, 3.8) is 0 Å². The van der Waals surface area contributed by atoms with Gasteiger partial charge in [0.1, 0.15) is 5.75 Å². The molecule has 2 aromatic carbocycles. The normalized spacial score (nSPS) is 11.7. The molecule has 0 aliphatic rings. The Hall–Kier alpha value is -2.64. The van der Waals surface area contributed by atoms with Gasteiger partial charge >= 0.3 is 11.9 Å². The minimum atomic E-state index is -1.81. The van der Waals surface area contributed by atoms with Gasteiger partial charge in [-0.15, -0.1) is 0 Å². The van der Waals surface area contributed by atoms with Gasteiger partial charge in [-0.3, -0.25) is 0 Å². The molecule has 0 saturated carbocycles. The first-order valence-corrected chi connectivity index (χ1v) is 15.3. The van der Waals surface area contributed by atoms with Gasteiger partial charge in [0, 0.05) is 0 Å². The Kier molecular flexibility index (Phi) is 10.3. The lowest BCUT2D eigenvalue weighted by molar-refractivity contribution is -0.164. The number of ether oxygens (including phenoxy) is 3. The fourth-order valence-electron chi connectivity index (χ4n) is 4.07. The smallest absolute Gasteiger partial charge is 0.337 e. The van der Waals surface area contributed by atoms with E-state index in [1.165, 1.54) is 10.8 Å². The van der Waals surface area contributed by atoms with Crippen LogP contribution < -0.4 is 15.7 Å². The first-order chi connectivity index (χ1) is 16.1. The van der Waals surface area contributed by atoms with E-state index in [9.17, 15) is 9.59 Å². The number of rotatable bonds is 13. The zero-order valence-corrected chi connectivity index (χ0v) is 22.2. The Morgan fingerprint density at radius 3 is 2.09 bits per heavy atom. The second kappa shape index (κ2) is 12.7. The van der Waals surface area contributed by atoms with Gasteiger partial charge in [-0.2, -0.15) is 0 Å². The van der Waals surface area contributed by atoms with E-state index in [4.69, 9.17) is 19.9 Å². The molecular weight excluding hydrogens is 446 g/mol. The van der Waals surface area contributed by atoms with Crippen molar-refractivity contribution in [2.45, 2.75) is 64.7 Å². The average molecular weight is 486 g/mol. The van der Waals surface area contributed by atoms with E-state index < -0.39 is 25.6 Å². The molecule has 0 fully saturated rings. The topological polar surface area (TPSA) is 87.9 Å². The molecule has 0 aromatic heterocycles. The molecule has 2 N–H and O–H groups in total. The maximum atomic E-state index is 12.3. The Bertz CT molecular complexity index is 924. The molecule has 0 radical (unpaired) electrons. The number of carbonyl (C=O) groups excluding carboxylic acids is 2. The molecule has 186 valence electrons. The van der Waals surface area contributed by atoms with Crippen LogP contribution in [0.4, 0.5) is 0 Å². The molecular formula is C27H39NO5Si. The number of aryl methyl sites for hydroxylation is 2. The van der Waals surface area contributed by atoms with Crippen molar-refractivity contribution in [3.8, 4) is 5.75 Å². The minimum Gasteiger partial charge on any atom is -0.494 e. The number of nitrogens with two attached hydrogens (primary N) is 1. The molecule has 0 bridgehead atoms. The fourth-order valence-corrected chi connectivity index (χ4v) is 7.07. The van der Waals surface area contributed by atoms with Gasteiger partial charge in [-0.25, -0.2) is 9.59 Å². The zero-order chi connectivity index (χ0) is 25.2. The van der Waals surface area contributed by atoms with Crippen molar-refractivity contribution in [2.24, 2.45) is 5.73 Å². The van der Waals surface area contributed by atoms with E-state index in [-0.39, 0.29) is 19.6 Å². The number of benzene rings is 2. The van der Waals surface area contributed by atoms with Crippen LogP contribution >= 0.6 is 0 Å². The predicted octanol–water partition coefficient (Wildman–Crippen LogP) is 4.14. The van der Waals surface area contributed by atoms with Gasteiger partial charge in [0.15, 0.2) is 0 Å². The van der Waals surface area contributed by atoms with Crippen LogP contribution in [-0.2, 0) is 25.5 Å². The maximum absolute atomic E-state index is 12.3. The first kappa shape index (κ1) is 27.6. The Labute approximate surface area is 204 Å². The highest BCUT2D eigenvalue weighted by molar-refractivity contribution is 6.90. The molecule has 6 nitrogen and oxygen atoms in total. The third kappa shape index (κ3) is 7.43. The quantitative estimate of drug-likeness (QED) is 0.199. The van der Waals surface area contributed by atoms with Crippen LogP contribution in [0.5, 0.6) is 5.75 Å². The highest BCUT2D eigenvalue weighted by atomic mass is 28.3. The summed E-state index contributed by atoms with van der Waals surface area (Å²) in [5.41, 5.74) is 6.65. The van der Waals surface area contributed by atoms with Crippen LogP contribution in [0.15, 0.2) is 48.5 Å². The van der Waals surface area contributed by atoms with Crippen molar-refractivity contribution in [1.82, 2.24) is 0 Å². The summed E-state index contributed by atoms with van der Waals surface area (Å²) in [6, 6.07) is 17.5. The summed E-state index contributed by atoms with van der Waals surface area (Å²) in [7, 11) is -1.50. The fraction of sp³-hybridized carbons (Fsp3) is 0.481. The molecule has 7 heteroatoms. The van der Waals surface area contributed by atoms with E-state index in [2.05, 4.69) is 44.3 Å². The number of esters is 2. The van der Waals surface area contributed by atoms with Gasteiger partial charge < -0.3 is 19.9 Å². The zero-order valence-electron chi connectivity index (χ0n) is 21.2. The monoisotopic (exact) mass is 485 g/mol. The summed E-state index contributed by atoms with van der Waals surface area (Å²) in [5.74, 6) is -0.718. The maximum Gasteiger partial charge on any atom is 0.337 e. The Morgan fingerprint density at radius 1 is 0.941 bits per heavy atom. The van der Waals surface area contributed by atoms with Gasteiger partial charge in [0.05, 0.1) is 27.9 Å². The van der Waals surface area contributed by atoms with Gasteiger partial charge in [0.25, 0.3) is 0 Å². The molecule has 2 rings (SSSR count). The number of hydrogen-bond acceptors (Lipinski definition) is 6. The van der Waals surface area contributed by atoms with Crippen molar-refractivity contribution in [1.29, 1.82) is 0 Å². The van der Waals surface area contributed by atoms with Gasteiger partial charge in [-0.1, -0.05) is 66.3 Å². The van der Waals surface area contributed by atoms with Crippen LogP contribution in [-0.4, -0.2) is 45.4 Å². The van der Waals surface area contributed by atoms with Crippen LogP contribution in [0.25, 0.3) is 0 Å². The lowest BCUT2D eigenvalue weighted by Gasteiger charge is -2.25. The molecule has 0 unspecified atom stereocenters. The molecule has 2 aromatic rings. The van der Waals surface area contributed by atoms with E-state index in [1.807, 2.05) is 24.3 Å². The van der Waals surface area contributed by atoms with Crippen molar-refractivity contribution < 1.29 is 23.8 Å². The molecule has 0 aliphatic carbocycles. The number of carbonyl (C=O) groups is 2. The molecule has 0 atom stereocenters. The molecule has 0 saturated heterocycles. The molecule has 0 spiro atoms. The summed E-state index contributed by atoms with van der Waals surface area (Å²) < 4.78 is 16.0. The van der Waals surface area contributed by atoms with Crippen molar-refractivity contribution >= 4 is 25.2 Å². The second-order valence-electron chi connectivity index (χ2n) is 9.21. The van der Waals surface area contributed by atoms with E-state index >= 15 is 0 Å². The van der Waals surface area contributed by atoms with Crippen molar-refractivity contribution in [3.05, 3.63) is 59.7 Å². The summed E-state index contributed by atoms with van der Waals surface area (Å²) in [6.45, 7) is 11.3. The molecule has 0 heterocycles. The Balaban J connectivity index is 1.88. The second-order valence-corrected chi connectivity index (χ2v) is 14.0. The van der Waals surface area contributed by atoms with Crippen LogP contribution in [0.2, 0.25) is 19.1 Å². The summed E-state index contributed by atoms with van der Waals surface area (Å²) >= 11 is 0. The third-order valence-electron chi connectivity index (χ3n) is 6.10. The van der Waals surface area contributed by atoms with Crippen LogP contribution in [0, 0.1) is 6.92 Å². The van der Waals surface area contributed by atoms with E-state index in [1.54, 1.807) is 13.8 Å². The van der Waals surface area contributed by atoms with Crippen LogP contribution in [0.1, 0.15) is 37.8 Å². The highest BCUT2D eigenvalue weighted by Crippen LogP contribution is 2.20. The van der Waals surface area contributed by atoms with Crippen LogP contribution in [0.3, 0.4) is 0 Å². The summed E-state index contributed by atoms with van der Waals surface area (Å²) in [5, 5.41) is 1.51. The third-order valence-corrected chi connectivity index (χ3v) is 9.72.